The first-order chi connectivity index (χ1) is 13.0. The van der Waals surface area contributed by atoms with Crippen molar-refractivity contribution in [3.63, 3.8) is 0 Å². The van der Waals surface area contributed by atoms with Gasteiger partial charge in [0, 0.05) is 59.0 Å². The molecule has 3 saturated heterocycles. The molecule has 1 atom stereocenters. The lowest BCUT2D eigenvalue weighted by Gasteiger charge is -2.50. The number of aryl methyl sites for hydroxylation is 1. The number of piperidine rings is 1. The number of piperazine rings is 1. The van der Waals surface area contributed by atoms with Crippen LogP contribution in [0.15, 0.2) is 10.6 Å². The number of aromatic nitrogens is 1. The van der Waals surface area contributed by atoms with Crippen molar-refractivity contribution in [2.24, 2.45) is 0 Å². The first kappa shape index (κ1) is 18.9. The van der Waals surface area contributed by atoms with Crippen LogP contribution in [0, 0.1) is 6.92 Å². The van der Waals surface area contributed by atoms with E-state index in [0.29, 0.717) is 13.2 Å². The van der Waals surface area contributed by atoms with Crippen LogP contribution < -0.4 is 0 Å². The lowest BCUT2D eigenvalue weighted by atomic mass is 9.93. The summed E-state index contributed by atoms with van der Waals surface area (Å²) in [6.07, 6.45) is 1.94. The lowest BCUT2D eigenvalue weighted by molar-refractivity contribution is -0.135. The van der Waals surface area contributed by atoms with Crippen LogP contribution in [-0.4, -0.2) is 102 Å². The van der Waals surface area contributed by atoms with E-state index in [1.807, 2.05) is 13.0 Å². The molecule has 0 aromatic carbocycles. The van der Waals surface area contributed by atoms with Crippen LogP contribution in [0.2, 0.25) is 0 Å². The molecule has 3 fully saturated rings. The molecule has 0 N–H and O–H groups in total. The maximum absolute atomic E-state index is 13.2. The summed E-state index contributed by atoms with van der Waals surface area (Å²) in [7, 11) is 3.81. The molecule has 0 unspecified atom stereocenters. The van der Waals surface area contributed by atoms with Crippen LogP contribution in [-0.2, 0) is 16.1 Å². The number of rotatable bonds is 5. The number of hydrogen-bond donors (Lipinski definition) is 0. The number of hydrogen-bond acceptors (Lipinski definition) is 7. The summed E-state index contributed by atoms with van der Waals surface area (Å²) in [5.74, 6) is 1.13. The van der Waals surface area contributed by atoms with Gasteiger partial charge in [0.05, 0.1) is 18.0 Å². The van der Waals surface area contributed by atoms with Gasteiger partial charge in [0.25, 0.3) is 0 Å². The molecule has 0 saturated carbocycles. The number of ether oxygens (including phenoxy) is 1. The van der Waals surface area contributed by atoms with Crippen molar-refractivity contribution in [1.82, 2.24) is 24.8 Å². The van der Waals surface area contributed by atoms with E-state index in [4.69, 9.17) is 9.26 Å². The number of methoxy groups -OCH3 is 1. The molecule has 1 amide bonds. The zero-order valence-corrected chi connectivity index (χ0v) is 16.7. The second-order valence-electron chi connectivity index (χ2n) is 8.14. The van der Waals surface area contributed by atoms with Crippen LogP contribution in [0.25, 0.3) is 0 Å². The molecule has 4 rings (SSSR count). The minimum absolute atomic E-state index is 0.00894. The van der Waals surface area contributed by atoms with Gasteiger partial charge in [-0.05, 0) is 26.8 Å². The van der Waals surface area contributed by atoms with E-state index in [1.54, 1.807) is 7.11 Å². The van der Waals surface area contributed by atoms with E-state index in [0.717, 1.165) is 63.6 Å². The smallest absolute Gasteiger partial charge is 0.242 e. The largest absolute Gasteiger partial charge is 0.383 e. The lowest BCUT2D eigenvalue weighted by Crippen LogP contribution is -2.63. The highest BCUT2D eigenvalue weighted by Gasteiger charge is 2.57. The first-order valence-corrected chi connectivity index (χ1v) is 9.94. The highest BCUT2D eigenvalue weighted by Crippen LogP contribution is 2.41. The molecule has 27 heavy (non-hydrogen) atoms. The summed E-state index contributed by atoms with van der Waals surface area (Å²) in [4.78, 5) is 22.5. The highest BCUT2D eigenvalue weighted by molar-refractivity contribution is 5.85. The van der Waals surface area contributed by atoms with E-state index >= 15 is 0 Å². The summed E-state index contributed by atoms with van der Waals surface area (Å²) in [6, 6.07) is 2.00. The summed E-state index contributed by atoms with van der Waals surface area (Å²) in [6.45, 7) is 8.72. The quantitative estimate of drug-likeness (QED) is 0.735. The highest BCUT2D eigenvalue weighted by atomic mass is 16.5. The maximum atomic E-state index is 13.2. The van der Waals surface area contributed by atoms with Gasteiger partial charge in [-0.2, -0.15) is 0 Å². The van der Waals surface area contributed by atoms with Crippen LogP contribution in [0.5, 0.6) is 0 Å². The molecule has 3 aliphatic rings. The SMILES string of the molecule is COCCN1C(=O)[C@H]2CN(C)CCN2C12CCN(Cc1cc(C)on1)CC2. The third kappa shape index (κ3) is 3.40. The van der Waals surface area contributed by atoms with Crippen molar-refractivity contribution in [2.45, 2.75) is 38.0 Å². The van der Waals surface area contributed by atoms with Crippen LogP contribution >= 0.6 is 0 Å². The van der Waals surface area contributed by atoms with E-state index in [1.165, 1.54) is 0 Å². The van der Waals surface area contributed by atoms with Crippen molar-refractivity contribution in [2.75, 3.05) is 60.0 Å². The van der Waals surface area contributed by atoms with Crippen molar-refractivity contribution >= 4 is 5.91 Å². The topological polar surface area (TPSA) is 65.3 Å². The fourth-order valence-electron chi connectivity index (χ4n) is 5.02. The second kappa shape index (κ2) is 7.50. The fraction of sp³-hybridized carbons (Fsp3) is 0.789. The molecule has 1 aromatic rings. The number of likely N-dealkylation sites (N-methyl/N-ethyl adjacent to an activating group) is 1. The van der Waals surface area contributed by atoms with Crippen molar-refractivity contribution in [3.05, 3.63) is 17.5 Å². The third-order valence-corrected chi connectivity index (χ3v) is 6.41. The van der Waals surface area contributed by atoms with Gasteiger partial charge in [0.1, 0.15) is 11.8 Å². The normalized spacial score (nSPS) is 26.9. The zero-order chi connectivity index (χ0) is 19.0. The Balaban J connectivity index is 1.49. The predicted octanol–water partition coefficient (Wildman–Crippen LogP) is 0.380. The van der Waals surface area contributed by atoms with Gasteiger partial charge < -0.3 is 19.1 Å². The first-order valence-electron chi connectivity index (χ1n) is 9.94. The molecule has 150 valence electrons. The Kier molecular flexibility index (Phi) is 5.24. The molecule has 0 aliphatic carbocycles. The van der Waals surface area contributed by atoms with Crippen molar-refractivity contribution in [3.8, 4) is 0 Å². The van der Waals surface area contributed by atoms with Crippen molar-refractivity contribution in [1.29, 1.82) is 0 Å². The number of nitrogens with zero attached hydrogens (tertiary/aromatic N) is 5. The predicted molar refractivity (Wildman–Crippen MR) is 100 cm³/mol. The van der Waals surface area contributed by atoms with Gasteiger partial charge in [0.2, 0.25) is 5.91 Å². The van der Waals surface area contributed by atoms with Gasteiger partial charge in [-0.3, -0.25) is 14.6 Å². The molecular weight excluding hydrogens is 346 g/mol. The number of carbonyl (C=O) groups excluding carboxylic acids is 1. The maximum Gasteiger partial charge on any atom is 0.242 e. The van der Waals surface area contributed by atoms with Crippen molar-refractivity contribution < 1.29 is 14.1 Å². The molecule has 3 aliphatic heterocycles. The standard InChI is InChI=1S/C19H31N5O3/c1-15-12-16(20-27-15)13-22-6-4-19(5-7-22)23-9-8-21(2)14-17(23)18(25)24(19)10-11-26-3/h12,17H,4-11,13-14H2,1-3H3/t17-/m1/s1. The average molecular weight is 377 g/mol. The summed E-state index contributed by atoms with van der Waals surface area (Å²) >= 11 is 0. The third-order valence-electron chi connectivity index (χ3n) is 6.41. The number of likely N-dealkylation sites (tertiary alicyclic amines) is 1. The molecular formula is C19H31N5O3. The Labute approximate surface area is 161 Å². The Bertz CT molecular complexity index is 670. The molecule has 1 spiro atoms. The Morgan fingerprint density at radius 2 is 2.07 bits per heavy atom. The zero-order valence-electron chi connectivity index (χ0n) is 16.7. The Hall–Kier alpha value is -1.48. The van der Waals surface area contributed by atoms with Gasteiger partial charge >= 0.3 is 0 Å². The molecule has 4 heterocycles. The summed E-state index contributed by atoms with van der Waals surface area (Å²) in [5.41, 5.74) is 0.831. The molecule has 0 bridgehead atoms. The fourth-order valence-corrected chi connectivity index (χ4v) is 5.02. The van der Waals surface area contributed by atoms with E-state index < -0.39 is 0 Å². The minimum atomic E-state index is -0.155. The minimum Gasteiger partial charge on any atom is -0.383 e. The van der Waals surface area contributed by atoms with E-state index in [9.17, 15) is 4.79 Å². The van der Waals surface area contributed by atoms with Crippen LogP contribution in [0.3, 0.4) is 0 Å². The summed E-state index contributed by atoms with van der Waals surface area (Å²) < 4.78 is 10.5. The monoisotopic (exact) mass is 377 g/mol. The van der Waals surface area contributed by atoms with Crippen LogP contribution in [0.1, 0.15) is 24.3 Å². The van der Waals surface area contributed by atoms with Gasteiger partial charge in [0.15, 0.2) is 0 Å². The molecule has 0 radical (unpaired) electrons. The molecule has 8 nitrogen and oxygen atoms in total. The summed E-state index contributed by atoms with van der Waals surface area (Å²) in [5, 5.41) is 4.13. The Morgan fingerprint density at radius 1 is 1.30 bits per heavy atom. The number of fused-ring (bicyclic) bond motifs is 2. The van der Waals surface area contributed by atoms with Gasteiger partial charge in [-0.25, -0.2) is 0 Å². The Morgan fingerprint density at radius 3 is 2.74 bits per heavy atom. The van der Waals surface area contributed by atoms with E-state index in [-0.39, 0.29) is 17.6 Å². The number of carbonyl (C=O) groups is 1. The van der Waals surface area contributed by atoms with Gasteiger partial charge in [-0.1, -0.05) is 5.16 Å². The van der Waals surface area contributed by atoms with Crippen LogP contribution in [0.4, 0.5) is 0 Å². The second-order valence-corrected chi connectivity index (χ2v) is 8.14. The number of amides is 1. The van der Waals surface area contributed by atoms with Gasteiger partial charge in [-0.15, -0.1) is 0 Å². The molecule has 1 aromatic heterocycles. The van der Waals surface area contributed by atoms with E-state index in [2.05, 4.69) is 31.8 Å². The molecule has 8 heteroatoms. The average Bonchev–Trinajstić information content (AvgIpc) is 3.16.